The summed E-state index contributed by atoms with van der Waals surface area (Å²) in [6.45, 7) is -0.407. The van der Waals surface area contributed by atoms with E-state index in [4.69, 9.17) is 24.4 Å². The number of hydrogen-bond donors (Lipinski definition) is 3. The Labute approximate surface area is 209 Å². The maximum atomic E-state index is 13.1. The van der Waals surface area contributed by atoms with Gasteiger partial charge in [0.1, 0.15) is 16.7 Å². The minimum Gasteiger partial charge on any atom is -0.504 e. The van der Waals surface area contributed by atoms with E-state index in [9.17, 15) is 24.6 Å². The number of phenols is 2. The Morgan fingerprint density at radius 3 is 2.51 bits per heavy atom. The molecule has 0 radical (unpaired) electrons. The zero-order chi connectivity index (χ0) is 26.3. The molecule has 10 nitrogen and oxygen atoms in total. The summed E-state index contributed by atoms with van der Waals surface area (Å²) in [7, 11) is 1.42. The SMILES string of the molecule is COc1ccc([C@@H]2CC(=O)Oc3c(O)c(O)c4c(=O)cc(-c5ccccc5)oc4c32)cc1OCC(N)=O. The first-order valence-corrected chi connectivity index (χ1v) is 11.2. The molecule has 3 aromatic carbocycles. The van der Waals surface area contributed by atoms with Crippen molar-refractivity contribution in [1.29, 1.82) is 0 Å². The van der Waals surface area contributed by atoms with Crippen LogP contribution in [0.2, 0.25) is 0 Å². The van der Waals surface area contributed by atoms with E-state index in [-0.39, 0.29) is 40.2 Å². The molecule has 0 spiro atoms. The molecule has 0 bridgehead atoms. The summed E-state index contributed by atoms with van der Waals surface area (Å²) >= 11 is 0. The van der Waals surface area contributed by atoms with Gasteiger partial charge in [0.2, 0.25) is 5.75 Å². The van der Waals surface area contributed by atoms with Crippen LogP contribution in [0.25, 0.3) is 22.3 Å². The van der Waals surface area contributed by atoms with Gasteiger partial charge in [-0.1, -0.05) is 36.4 Å². The summed E-state index contributed by atoms with van der Waals surface area (Å²) in [5, 5.41) is 21.1. The number of primary amides is 1. The van der Waals surface area contributed by atoms with Crippen molar-refractivity contribution in [2.45, 2.75) is 12.3 Å². The number of amides is 1. The van der Waals surface area contributed by atoms with Crippen LogP contribution in [0.1, 0.15) is 23.5 Å². The number of benzene rings is 3. The number of rotatable bonds is 6. The molecule has 1 aliphatic rings. The first kappa shape index (κ1) is 23.7. The number of hydrogen-bond acceptors (Lipinski definition) is 9. The van der Waals surface area contributed by atoms with Crippen LogP contribution in [0, 0.1) is 0 Å². The summed E-state index contributed by atoms with van der Waals surface area (Å²) in [6.07, 6.45) is -0.173. The number of fused-ring (bicyclic) bond motifs is 3. The van der Waals surface area contributed by atoms with Gasteiger partial charge in [0.25, 0.3) is 5.91 Å². The maximum Gasteiger partial charge on any atom is 0.312 e. The number of carbonyl (C=O) groups is 2. The number of carbonyl (C=O) groups excluding carboxylic acids is 2. The maximum absolute atomic E-state index is 13.1. The summed E-state index contributed by atoms with van der Waals surface area (Å²) in [5.41, 5.74) is 5.90. The molecule has 4 N–H and O–H groups in total. The van der Waals surface area contributed by atoms with Crippen LogP contribution in [-0.2, 0) is 9.59 Å². The Kier molecular flexibility index (Phi) is 5.92. The van der Waals surface area contributed by atoms with Gasteiger partial charge in [-0.3, -0.25) is 14.4 Å². The molecule has 37 heavy (non-hydrogen) atoms. The van der Waals surface area contributed by atoms with Crippen molar-refractivity contribution in [3.63, 3.8) is 0 Å². The van der Waals surface area contributed by atoms with Crippen molar-refractivity contribution in [2.75, 3.05) is 13.7 Å². The fourth-order valence-corrected chi connectivity index (χ4v) is 4.41. The fourth-order valence-electron chi connectivity index (χ4n) is 4.41. The molecule has 188 valence electrons. The zero-order valence-electron chi connectivity index (χ0n) is 19.5. The molecule has 0 aliphatic carbocycles. The van der Waals surface area contributed by atoms with Crippen molar-refractivity contribution in [3.05, 3.63) is 75.9 Å². The lowest BCUT2D eigenvalue weighted by molar-refractivity contribution is -0.135. The van der Waals surface area contributed by atoms with Gasteiger partial charge in [0, 0.05) is 17.5 Å². The van der Waals surface area contributed by atoms with Crippen molar-refractivity contribution in [1.82, 2.24) is 0 Å². The van der Waals surface area contributed by atoms with Crippen LogP contribution in [0.4, 0.5) is 0 Å². The minimum atomic E-state index is -0.777. The fraction of sp³-hybridized carbons (Fsp3) is 0.148. The summed E-state index contributed by atoms with van der Waals surface area (Å²) in [6, 6.07) is 14.9. The first-order chi connectivity index (χ1) is 17.8. The van der Waals surface area contributed by atoms with Crippen LogP contribution in [-0.4, -0.2) is 35.8 Å². The number of phenolic OH excluding ortho intramolecular Hbond substituents is 2. The average Bonchev–Trinajstić information content (AvgIpc) is 2.90. The monoisotopic (exact) mass is 503 g/mol. The molecule has 2 heterocycles. The Morgan fingerprint density at radius 2 is 1.81 bits per heavy atom. The number of methoxy groups -OCH3 is 1. The summed E-state index contributed by atoms with van der Waals surface area (Å²) in [4.78, 5) is 36.9. The van der Waals surface area contributed by atoms with Crippen LogP contribution in [0.3, 0.4) is 0 Å². The van der Waals surface area contributed by atoms with E-state index in [1.807, 2.05) is 6.07 Å². The van der Waals surface area contributed by atoms with Gasteiger partial charge in [-0.15, -0.1) is 0 Å². The highest BCUT2D eigenvalue weighted by molar-refractivity contribution is 5.96. The predicted octanol–water partition coefficient (Wildman–Crippen LogP) is 3.18. The van der Waals surface area contributed by atoms with Gasteiger partial charge in [-0.2, -0.15) is 0 Å². The van der Waals surface area contributed by atoms with Gasteiger partial charge in [-0.25, -0.2) is 0 Å². The third-order valence-corrected chi connectivity index (χ3v) is 6.07. The second-order valence-electron chi connectivity index (χ2n) is 8.38. The largest absolute Gasteiger partial charge is 0.504 e. The molecule has 1 amide bonds. The molecule has 5 rings (SSSR count). The molecule has 0 saturated heterocycles. The zero-order valence-corrected chi connectivity index (χ0v) is 19.5. The molecule has 0 fully saturated rings. The van der Waals surface area contributed by atoms with Crippen LogP contribution in [0.15, 0.2) is 63.8 Å². The molecule has 1 atom stereocenters. The second kappa shape index (κ2) is 9.23. The van der Waals surface area contributed by atoms with Gasteiger partial charge >= 0.3 is 5.97 Å². The third-order valence-electron chi connectivity index (χ3n) is 6.07. The minimum absolute atomic E-state index is 0.0374. The predicted molar refractivity (Wildman–Crippen MR) is 131 cm³/mol. The first-order valence-electron chi connectivity index (χ1n) is 11.2. The lowest BCUT2D eigenvalue weighted by atomic mass is 9.84. The average molecular weight is 503 g/mol. The molecule has 0 saturated carbocycles. The number of ether oxygens (including phenoxy) is 3. The van der Waals surface area contributed by atoms with Crippen molar-refractivity contribution in [2.24, 2.45) is 5.73 Å². The van der Waals surface area contributed by atoms with E-state index in [1.54, 1.807) is 42.5 Å². The molecular formula is C27H21NO9. The molecule has 1 aliphatic heterocycles. The van der Waals surface area contributed by atoms with Gasteiger partial charge < -0.3 is 34.6 Å². The molecule has 1 aromatic heterocycles. The van der Waals surface area contributed by atoms with Gasteiger partial charge in [0.05, 0.1) is 19.1 Å². The quantitative estimate of drug-likeness (QED) is 0.204. The number of aromatic hydroxyl groups is 2. The third kappa shape index (κ3) is 4.18. The van der Waals surface area contributed by atoms with Gasteiger partial charge in [-0.05, 0) is 17.7 Å². The van der Waals surface area contributed by atoms with E-state index >= 15 is 0 Å². The highest BCUT2D eigenvalue weighted by Gasteiger charge is 2.37. The second-order valence-corrected chi connectivity index (χ2v) is 8.38. The van der Waals surface area contributed by atoms with Crippen molar-refractivity contribution in [3.8, 4) is 40.1 Å². The van der Waals surface area contributed by atoms with Gasteiger partial charge in [0.15, 0.2) is 35.0 Å². The number of nitrogens with two attached hydrogens (primary N) is 1. The highest BCUT2D eigenvalue weighted by atomic mass is 16.5. The molecule has 4 aromatic rings. The van der Waals surface area contributed by atoms with Crippen molar-refractivity contribution >= 4 is 22.8 Å². The highest BCUT2D eigenvalue weighted by Crippen LogP contribution is 2.52. The molecule has 0 unspecified atom stereocenters. The lowest BCUT2D eigenvalue weighted by Gasteiger charge is -2.27. The Morgan fingerprint density at radius 1 is 1.05 bits per heavy atom. The smallest absolute Gasteiger partial charge is 0.312 e. The summed E-state index contributed by atoms with van der Waals surface area (Å²) < 4.78 is 22.2. The summed E-state index contributed by atoms with van der Waals surface area (Å²) in [5.74, 6) is -3.23. The van der Waals surface area contributed by atoms with E-state index in [2.05, 4.69) is 0 Å². The van der Waals surface area contributed by atoms with Crippen molar-refractivity contribution < 1.29 is 38.4 Å². The number of esters is 1. The Hall–Kier alpha value is -4.99. The normalized spacial score (nSPS) is 14.6. The Balaban J connectivity index is 1.77. The van der Waals surface area contributed by atoms with Crippen LogP contribution >= 0.6 is 0 Å². The molecule has 10 heteroatoms. The lowest BCUT2D eigenvalue weighted by Crippen LogP contribution is -2.22. The Bertz CT molecular complexity index is 1610. The topological polar surface area (TPSA) is 159 Å². The van der Waals surface area contributed by atoms with Crippen LogP contribution < -0.4 is 25.4 Å². The van der Waals surface area contributed by atoms with E-state index in [0.717, 1.165) is 0 Å². The standard InChI is InChI=1S/C27H21NO9/c1-34-17-8-7-14(9-19(17)35-12-20(28)30)15-10-21(31)37-27-22(15)26-23(24(32)25(27)33)16(29)11-18(36-26)13-5-3-2-4-6-13/h2-9,11,15,32-33H,10,12H2,1H3,(H2,28,30)/t15-/m0/s1. The van der Waals surface area contributed by atoms with E-state index in [1.165, 1.54) is 13.2 Å². The molecular weight excluding hydrogens is 482 g/mol. The van der Waals surface area contributed by atoms with E-state index < -0.39 is 41.3 Å². The van der Waals surface area contributed by atoms with E-state index in [0.29, 0.717) is 16.9 Å². The van der Waals surface area contributed by atoms with Crippen LogP contribution in [0.5, 0.6) is 28.7 Å².